The second kappa shape index (κ2) is 8.56. The Kier molecular flexibility index (Phi) is 5.94. The minimum atomic E-state index is -0.435. The van der Waals surface area contributed by atoms with Crippen molar-refractivity contribution in [2.24, 2.45) is 0 Å². The number of carbonyl (C=O) groups excluding carboxylic acids is 1. The fourth-order valence-corrected chi connectivity index (χ4v) is 3.05. The van der Waals surface area contributed by atoms with Crippen molar-refractivity contribution in [1.82, 2.24) is 9.88 Å². The zero-order valence-corrected chi connectivity index (χ0v) is 15.8. The molecule has 0 radical (unpaired) electrons. The summed E-state index contributed by atoms with van der Waals surface area (Å²) in [6, 6.07) is 13.1. The largest absolute Gasteiger partial charge is 0.373 e. The maximum Gasteiger partial charge on any atom is 0.267 e. The van der Waals surface area contributed by atoms with Crippen molar-refractivity contribution in [3.63, 3.8) is 0 Å². The molecule has 0 saturated carbocycles. The Bertz CT molecular complexity index is 883. The first-order chi connectivity index (χ1) is 13.1. The number of aromatic nitrogens is 1. The number of nitrogens with zero attached hydrogens (tertiary/aromatic N) is 4. The number of amides is 1. The molecule has 0 aliphatic carbocycles. The van der Waals surface area contributed by atoms with E-state index in [0.717, 1.165) is 24.5 Å². The summed E-state index contributed by atoms with van der Waals surface area (Å²) in [5.41, 5.74) is 1.45. The zero-order chi connectivity index (χ0) is 19.2. The average molecular weight is 382 g/mol. The summed E-state index contributed by atoms with van der Waals surface area (Å²) in [5, 5.41) is 12.7. The van der Waals surface area contributed by atoms with Gasteiger partial charge in [-0.2, -0.15) is 5.26 Å². The van der Waals surface area contributed by atoms with E-state index in [1.165, 1.54) is 0 Å². The smallest absolute Gasteiger partial charge is 0.267 e. The Morgan fingerprint density at radius 1 is 1.22 bits per heavy atom. The molecule has 1 aromatic carbocycles. The molecule has 1 aromatic heterocycles. The van der Waals surface area contributed by atoms with Crippen molar-refractivity contribution in [3.05, 3.63) is 65.0 Å². The molecule has 138 valence electrons. The maximum absolute atomic E-state index is 12.5. The third-order valence-corrected chi connectivity index (χ3v) is 4.89. The van der Waals surface area contributed by atoms with Crippen molar-refractivity contribution in [2.45, 2.75) is 6.92 Å². The van der Waals surface area contributed by atoms with Gasteiger partial charge in [-0.15, -0.1) is 0 Å². The van der Waals surface area contributed by atoms with Crippen molar-refractivity contribution in [1.29, 1.82) is 5.26 Å². The quantitative estimate of drug-likeness (QED) is 0.650. The van der Waals surface area contributed by atoms with Crippen LogP contribution in [-0.4, -0.2) is 42.0 Å². The molecule has 1 fully saturated rings. The standard InChI is InChI=1S/C20H20ClN5O/c1-15-17(21)5-4-6-18(15)24-20(27)16(13-22)14-25-9-11-26(12-10-25)19-7-2-3-8-23-19/h2-8,14H,9-12H2,1H3,(H,24,27)/b16-14-. The molecule has 0 unspecified atom stereocenters. The highest BCUT2D eigenvalue weighted by molar-refractivity contribution is 6.31. The predicted octanol–water partition coefficient (Wildman–Crippen LogP) is 3.21. The average Bonchev–Trinajstić information content (AvgIpc) is 2.70. The van der Waals surface area contributed by atoms with Gasteiger partial charge in [0.1, 0.15) is 17.5 Å². The summed E-state index contributed by atoms with van der Waals surface area (Å²) in [4.78, 5) is 21.0. The normalized spacial score (nSPS) is 14.6. The highest BCUT2D eigenvalue weighted by Crippen LogP contribution is 2.23. The van der Waals surface area contributed by atoms with Crippen LogP contribution < -0.4 is 10.2 Å². The van der Waals surface area contributed by atoms with Gasteiger partial charge in [0.05, 0.1) is 0 Å². The lowest BCUT2D eigenvalue weighted by Gasteiger charge is -2.34. The van der Waals surface area contributed by atoms with Gasteiger partial charge in [-0.1, -0.05) is 23.7 Å². The molecule has 0 atom stereocenters. The van der Waals surface area contributed by atoms with Crippen molar-refractivity contribution < 1.29 is 4.79 Å². The number of hydrogen-bond donors (Lipinski definition) is 1. The van der Waals surface area contributed by atoms with Crippen LogP contribution in [0.3, 0.4) is 0 Å². The Morgan fingerprint density at radius 2 is 2.00 bits per heavy atom. The van der Waals surface area contributed by atoms with Gasteiger partial charge >= 0.3 is 0 Å². The van der Waals surface area contributed by atoms with Crippen LogP contribution in [0.2, 0.25) is 5.02 Å². The molecule has 3 rings (SSSR count). The van der Waals surface area contributed by atoms with E-state index in [2.05, 4.69) is 15.2 Å². The van der Waals surface area contributed by atoms with Gasteiger partial charge in [-0.05, 0) is 36.8 Å². The van der Waals surface area contributed by atoms with E-state index >= 15 is 0 Å². The summed E-state index contributed by atoms with van der Waals surface area (Å²) < 4.78 is 0. The lowest BCUT2D eigenvalue weighted by atomic mass is 10.2. The van der Waals surface area contributed by atoms with Gasteiger partial charge in [0.2, 0.25) is 0 Å². The molecule has 1 amide bonds. The number of hydrogen-bond acceptors (Lipinski definition) is 5. The molecule has 2 heterocycles. The molecule has 1 aliphatic rings. The number of carbonyl (C=O) groups is 1. The zero-order valence-electron chi connectivity index (χ0n) is 15.0. The summed E-state index contributed by atoms with van der Waals surface area (Å²) in [6.45, 7) is 4.81. The van der Waals surface area contributed by atoms with Crippen LogP contribution in [0, 0.1) is 18.3 Å². The molecular weight excluding hydrogens is 362 g/mol. The van der Waals surface area contributed by atoms with E-state index in [4.69, 9.17) is 11.6 Å². The van der Waals surface area contributed by atoms with E-state index in [1.807, 2.05) is 36.1 Å². The minimum absolute atomic E-state index is 0.0701. The number of anilines is 2. The predicted molar refractivity (Wildman–Crippen MR) is 107 cm³/mol. The van der Waals surface area contributed by atoms with Crippen molar-refractivity contribution in [2.75, 3.05) is 36.4 Å². The Hall–Kier alpha value is -3.04. The molecule has 27 heavy (non-hydrogen) atoms. The Labute approximate surface area is 163 Å². The van der Waals surface area contributed by atoms with Gasteiger partial charge in [0.25, 0.3) is 5.91 Å². The van der Waals surface area contributed by atoms with Gasteiger partial charge in [-0.25, -0.2) is 4.98 Å². The number of benzene rings is 1. The summed E-state index contributed by atoms with van der Waals surface area (Å²) >= 11 is 6.08. The van der Waals surface area contributed by atoms with Gasteiger partial charge in [-0.3, -0.25) is 4.79 Å². The molecule has 2 aromatic rings. The van der Waals surface area contributed by atoms with E-state index < -0.39 is 5.91 Å². The minimum Gasteiger partial charge on any atom is -0.373 e. The third kappa shape index (κ3) is 4.57. The fourth-order valence-electron chi connectivity index (χ4n) is 2.87. The van der Waals surface area contributed by atoms with Crippen molar-refractivity contribution >= 4 is 29.0 Å². The lowest BCUT2D eigenvalue weighted by molar-refractivity contribution is -0.112. The van der Waals surface area contributed by atoms with E-state index in [1.54, 1.807) is 30.6 Å². The van der Waals surface area contributed by atoms with Crippen LogP contribution in [0.5, 0.6) is 0 Å². The number of halogens is 1. The van der Waals surface area contributed by atoms with E-state index in [0.29, 0.717) is 23.8 Å². The molecule has 0 bridgehead atoms. The van der Waals surface area contributed by atoms with Gasteiger partial charge in [0, 0.05) is 49.3 Å². The maximum atomic E-state index is 12.5. The van der Waals surface area contributed by atoms with Crippen LogP contribution in [0.1, 0.15) is 5.56 Å². The highest BCUT2D eigenvalue weighted by atomic mass is 35.5. The van der Waals surface area contributed by atoms with Crippen LogP contribution in [0.15, 0.2) is 54.4 Å². The number of pyridine rings is 1. The van der Waals surface area contributed by atoms with E-state index in [9.17, 15) is 10.1 Å². The van der Waals surface area contributed by atoms with Crippen LogP contribution >= 0.6 is 11.6 Å². The highest BCUT2D eigenvalue weighted by Gasteiger charge is 2.18. The van der Waals surface area contributed by atoms with Crippen LogP contribution in [0.25, 0.3) is 0 Å². The second-order valence-corrected chi connectivity index (χ2v) is 6.64. The second-order valence-electron chi connectivity index (χ2n) is 6.23. The summed E-state index contributed by atoms with van der Waals surface area (Å²) in [5.74, 6) is 0.505. The number of nitriles is 1. The SMILES string of the molecule is Cc1c(Cl)cccc1NC(=O)/C(C#N)=C\N1CCN(c2ccccn2)CC1. The first kappa shape index (κ1) is 18.7. The Balaban J connectivity index is 1.64. The molecule has 1 saturated heterocycles. The topological polar surface area (TPSA) is 72.3 Å². The van der Waals surface area contributed by atoms with Crippen LogP contribution in [0.4, 0.5) is 11.5 Å². The lowest BCUT2D eigenvalue weighted by Crippen LogP contribution is -2.44. The number of rotatable bonds is 4. The summed E-state index contributed by atoms with van der Waals surface area (Å²) in [7, 11) is 0. The molecule has 0 spiro atoms. The van der Waals surface area contributed by atoms with Crippen LogP contribution in [-0.2, 0) is 4.79 Å². The molecule has 7 heteroatoms. The Morgan fingerprint density at radius 3 is 2.67 bits per heavy atom. The van der Waals surface area contributed by atoms with Gasteiger partial charge in [0.15, 0.2) is 0 Å². The molecule has 1 aliphatic heterocycles. The van der Waals surface area contributed by atoms with Crippen molar-refractivity contribution in [3.8, 4) is 6.07 Å². The number of piperazine rings is 1. The fraction of sp³-hybridized carbons (Fsp3) is 0.250. The van der Waals surface area contributed by atoms with E-state index in [-0.39, 0.29) is 5.57 Å². The monoisotopic (exact) mass is 381 g/mol. The number of nitrogens with one attached hydrogen (secondary N) is 1. The molecule has 1 N–H and O–H groups in total. The third-order valence-electron chi connectivity index (χ3n) is 4.48. The summed E-state index contributed by atoms with van der Waals surface area (Å²) in [6.07, 6.45) is 3.41. The molecular formula is C20H20ClN5O. The molecule has 6 nitrogen and oxygen atoms in total. The first-order valence-corrected chi connectivity index (χ1v) is 9.04. The first-order valence-electron chi connectivity index (χ1n) is 8.67. The van der Waals surface area contributed by atoms with Gasteiger partial charge < -0.3 is 15.1 Å².